The summed E-state index contributed by atoms with van der Waals surface area (Å²) in [6.07, 6.45) is 6.77. The summed E-state index contributed by atoms with van der Waals surface area (Å²) in [4.78, 5) is 22.8. The molecule has 1 fully saturated rings. The molecule has 0 bridgehead atoms. The van der Waals surface area contributed by atoms with E-state index in [1.165, 1.54) is 24.2 Å². The minimum absolute atomic E-state index is 0.0747. The van der Waals surface area contributed by atoms with Gasteiger partial charge in [-0.2, -0.15) is 0 Å². The summed E-state index contributed by atoms with van der Waals surface area (Å²) < 4.78 is 5.05. The smallest absolute Gasteiger partial charge is 0.240 e. The first-order valence-corrected chi connectivity index (χ1v) is 8.74. The van der Waals surface area contributed by atoms with E-state index >= 15 is 0 Å². The van der Waals surface area contributed by atoms with Gasteiger partial charge in [-0.05, 0) is 52.0 Å². The normalized spacial score (nSPS) is 21.0. The molecule has 2 aromatic rings. The second-order valence-corrected chi connectivity index (χ2v) is 6.76. The molecule has 4 rings (SSSR count). The number of fused-ring (bicyclic) bond motifs is 1. The fourth-order valence-electron chi connectivity index (χ4n) is 3.74. The molecule has 2 aliphatic rings. The van der Waals surface area contributed by atoms with Crippen molar-refractivity contribution in [2.45, 2.75) is 51.5 Å². The molecule has 7 heteroatoms. The van der Waals surface area contributed by atoms with E-state index < -0.39 is 0 Å². The van der Waals surface area contributed by atoms with E-state index in [1.54, 1.807) is 6.07 Å². The summed E-state index contributed by atoms with van der Waals surface area (Å²) in [7, 11) is 0. The fraction of sp³-hybridized carbons (Fsp3) is 0.588. The molecule has 1 saturated heterocycles. The number of carbonyl (C=O) groups excluding carboxylic acids is 1. The topological polar surface area (TPSA) is 87.0 Å². The number of aromatic nitrogens is 3. The van der Waals surface area contributed by atoms with Crippen LogP contribution in [0.2, 0.25) is 0 Å². The van der Waals surface area contributed by atoms with Crippen molar-refractivity contribution in [3.05, 3.63) is 29.0 Å². The number of hydrogen-bond donors (Lipinski definition) is 2. The predicted molar refractivity (Wildman–Crippen MR) is 88.6 cm³/mol. The zero-order valence-corrected chi connectivity index (χ0v) is 14.0. The highest BCUT2D eigenvalue weighted by Gasteiger charge is 2.31. The Morgan fingerprint density at radius 1 is 1.42 bits per heavy atom. The molecule has 3 heterocycles. The Balaban J connectivity index is 1.42. The van der Waals surface area contributed by atoms with Gasteiger partial charge >= 0.3 is 0 Å². The van der Waals surface area contributed by atoms with Crippen LogP contribution in [0.3, 0.4) is 0 Å². The number of aryl methyl sites for hydroxylation is 3. The minimum atomic E-state index is -0.0747. The van der Waals surface area contributed by atoms with Gasteiger partial charge in [0, 0.05) is 11.8 Å². The summed E-state index contributed by atoms with van der Waals surface area (Å²) in [5, 5.41) is 6.55. The van der Waals surface area contributed by atoms with Gasteiger partial charge < -0.3 is 9.51 Å². The van der Waals surface area contributed by atoms with E-state index in [2.05, 4.69) is 20.4 Å². The molecule has 2 aromatic heterocycles. The Morgan fingerprint density at radius 2 is 2.29 bits per heavy atom. The molecule has 24 heavy (non-hydrogen) atoms. The number of carbonyl (C=O) groups is 1. The number of H-pyrrole nitrogens is 1. The first kappa shape index (κ1) is 15.4. The van der Waals surface area contributed by atoms with Gasteiger partial charge in [-0.15, -0.1) is 0 Å². The van der Waals surface area contributed by atoms with Gasteiger partial charge in [-0.1, -0.05) is 5.16 Å². The molecule has 0 saturated carbocycles. The predicted octanol–water partition coefficient (Wildman–Crippen LogP) is 2.36. The molecule has 0 unspecified atom stereocenters. The fourth-order valence-corrected chi connectivity index (χ4v) is 3.74. The van der Waals surface area contributed by atoms with Gasteiger partial charge in [0.25, 0.3) is 0 Å². The van der Waals surface area contributed by atoms with Crippen molar-refractivity contribution in [2.24, 2.45) is 0 Å². The van der Waals surface area contributed by atoms with Crippen LogP contribution in [-0.2, 0) is 17.6 Å². The van der Waals surface area contributed by atoms with Crippen LogP contribution < -0.4 is 5.32 Å². The number of likely N-dealkylation sites (tertiary alicyclic amines) is 1. The minimum Gasteiger partial charge on any atom is -0.344 e. The molecule has 2 N–H and O–H groups in total. The van der Waals surface area contributed by atoms with E-state index in [-0.39, 0.29) is 11.9 Å². The summed E-state index contributed by atoms with van der Waals surface area (Å²) in [6, 6.07) is 1.93. The summed E-state index contributed by atoms with van der Waals surface area (Å²) in [5.74, 6) is 1.36. The number of hydrogen-bond acceptors (Lipinski definition) is 5. The number of imidazole rings is 1. The van der Waals surface area contributed by atoms with E-state index in [0.717, 1.165) is 43.7 Å². The van der Waals surface area contributed by atoms with Crippen LogP contribution in [-0.4, -0.2) is 39.0 Å². The number of nitrogens with one attached hydrogen (secondary N) is 2. The first-order valence-electron chi connectivity index (χ1n) is 8.74. The van der Waals surface area contributed by atoms with Gasteiger partial charge in [0.1, 0.15) is 5.82 Å². The Kier molecular flexibility index (Phi) is 4.10. The second-order valence-electron chi connectivity index (χ2n) is 6.76. The van der Waals surface area contributed by atoms with Gasteiger partial charge in [0.05, 0.1) is 24.0 Å². The van der Waals surface area contributed by atoms with Crippen molar-refractivity contribution in [2.75, 3.05) is 18.4 Å². The maximum Gasteiger partial charge on any atom is 0.240 e. The lowest BCUT2D eigenvalue weighted by molar-refractivity contribution is -0.117. The average Bonchev–Trinajstić information content (AvgIpc) is 3.26. The number of aromatic amines is 1. The summed E-state index contributed by atoms with van der Waals surface area (Å²) in [6.45, 7) is 3.09. The lowest BCUT2D eigenvalue weighted by Crippen LogP contribution is -2.33. The van der Waals surface area contributed by atoms with E-state index in [1.807, 2.05) is 6.92 Å². The third-order valence-electron chi connectivity index (χ3n) is 4.89. The van der Waals surface area contributed by atoms with Crippen molar-refractivity contribution in [1.29, 1.82) is 0 Å². The molecule has 0 aromatic carbocycles. The highest BCUT2D eigenvalue weighted by Crippen LogP contribution is 2.32. The number of amides is 1. The molecule has 1 aliphatic carbocycles. The first-order chi connectivity index (χ1) is 11.7. The van der Waals surface area contributed by atoms with Crippen LogP contribution in [0.25, 0.3) is 0 Å². The quantitative estimate of drug-likeness (QED) is 0.899. The molecular weight excluding hydrogens is 306 g/mol. The Hall–Kier alpha value is -2.15. The van der Waals surface area contributed by atoms with Crippen molar-refractivity contribution in [3.63, 3.8) is 0 Å². The lowest BCUT2D eigenvalue weighted by Gasteiger charge is -2.21. The van der Waals surface area contributed by atoms with Crippen molar-refractivity contribution >= 4 is 11.8 Å². The highest BCUT2D eigenvalue weighted by molar-refractivity contribution is 5.91. The van der Waals surface area contributed by atoms with Gasteiger partial charge in [-0.3, -0.25) is 15.0 Å². The monoisotopic (exact) mass is 329 g/mol. The highest BCUT2D eigenvalue weighted by atomic mass is 16.5. The van der Waals surface area contributed by atoms with E-state index in [0.29, 0.717) is 12.4 Å². The Morgan fingerprint density at radius 3 is 3.08 bits per heavy atom. The van der Waals surface area contributed by atoms with Gasteiger partial charge in [0.15, 0.2) is 0 Å². The molecule has 1 atom stereocenters. The Bertz CT molecular complexity index is 712. The molecule has 128 valence electrons. The zero-order valence-electron chi connectivity index (χ0n) is 14.0. The van der Waals surface area contributed by atoms with Crippen LogP contribution in [0.15, 0.2) is 10.6 Å². The Labute approximate surface area is 140 Å². The molecule has 0 radical (unpaired) electrons. The van der Waals surface area contributed by atoms with Crippen LogP contribution in [0.5, 0.6) is 0 Å². The average molecular weight is 329 g/mol. The van der Waals surface area contributed by atoms with Gasteiger partial charge in [0.2, 0.25) is 11.8 Å². The van der Waals surface area contributed by atoms with Crippen LogP contribution in [0.4, 0.5) is 5.88 Å². The molecule has 7 nitrogen and oxygen atoms in total. The van der Waals surface area contributed by atoms with Crippen molar-refractivity contribution < 1.29 is 9.32 Å². The van der Waals surface area contributed by atoms with Crippen LogP contribution >= 0.6 is 0 Å². The molecular formula is C17H23N5O2. The maximum absolute atomic E-state index is 12.3. The largest absolute Gasteiger partial charge is 0.344 e. The SMILES string of the molecule is Cc1cc(NC(=O)CN2CCC[C@@H]2c2nc3c([nH]2)CCCC3)on1. The maximum atomic E-state index is 12.3. The van der Waals surface area contributed by atoms with E-state index in [4.69, 9.17) is 9.51 Å². The third kappa shape index (κ3) is 3.08. The zero-order chi connectivity index (χ0) is 16.5. The van der Waals surface area contributed by atoms with Crippen molar-refractivity contribution in [1.82, 2.24) is 20.0 Å². The lowest BCUT2D eigenvalue weighted by atomic mass is 10.0. The summed E-state index contributed by atoms with van der Waals surface area (Å²) in [5.41, 5.74) is 3.28. The second kappa shape index (κ2) is 6.39. The third-order valence-corrected chi connectivity index (χ3v) is 4.89. The number of anilines is 1. The number of nitrogens with zero attached hydrogens (tertiary/aromatic N) is 3. The summed E-state index contributed by atoms with van der Waals surface area (Å²) >= 11 is 0. The standard InChI is InChI=1S/C17H23N5O2/c1-11-9-16(24-21-11)20-15(23)10-22-8-4-7-14(22)17-18-12-5-2-3-6-13(12)19-17/h9,14H,2-8,10H2,1H3,(H,18,19)(H,20,23)/t14-/m1/s1. The van der Waals surface area contributed by atoms with E-state index in [9.17, 15) is 4.79 Å². The van der Waals surface area contributed by atoms with Crippen LogP contribution in [0, 0.1) is 6.92 Å². The number of rotatable bonds is 4. The van der Waals surface area contributed by atoms with Crippen LogP contribution in [0.1, 0.15) is 54.6 Å². The molecule has 0 spiro atoms. The van der Waals surface area contributed by atoms with Crippen molar-refractivity contribution in [3.8, 4) is 0 Å². The molecule has 1 amide bonds. The van der Waals surface area contributed by atoms with Gasteiger partial charge in [-0.25, -0.2) is 4.98 Å². The molecule has 1 aliphatic heterocycles.